The van der Waals surface area contributed by atoms with E-state index in [0.717, 1.165) is 4.47 Å². The second kappa shape index (κ2) is 7.18. The molecule has 0 unspecified atom stereocenters. The Morgan fingerprint density at radius 3 is 2.27 bits per heavy atom. The van der Waals surface area contributed by atoms with Gasteiger partial charge >= 0.3 is 0 Å². The van der Waals surface area contributed by atoms with E-state index >= 15 is 0 Å². The van der Waals surface area contributed by atoms with Crippen LogP contribution < -0.4 is 4.74 Å². The fourth-order valence-electron chi connectivity index (χ4n) is 2.02. The monoisotopic (exact) mass is 358 g/mol. The van der Waals surface area contributed by atoms with E-state index in [1.165, 1.54) is 6.92 Å². The van der Waals surface area contributed by atoms with E-state index in [1.807, 2.05) is 12.1 Å². The summed E-state index contributed by atoms with van der Waals surface area (Å²) in [7, 11) is 1.55. The Morgan fingerprint density at radius 1 is 1.05 bits per heavy atom. The predicted molar refractivity (Wildman–Crippen MR) is 90.1 cm³/mol. The number of carbonyl (C=O) groups excluding carboxylic acids is 2. The van der Waals surface area contributed by atoms with Crippen LogP contribution in [0.25, 0.3) is 6.08 Å². The maximum atomic E-state index is 12.6. The molecule has 2 aromatic carbocycles. The zero-order valence-electron chi connectivity index (χ0n) is 12.3. The summed E-state index contributed by atoms with van der Waals surface area (Å²) in [5.74, 6) is 0.0367. The van der Waals surface area contributed by atoms with Crippen LogP contribution in [0, 0.1) is 0 Å². The number of ether oxygens (including phenoxy) is 1. The fraction of sp³-hybridized carbons (Fsp3) is 0.111. The summed E-state index contributed by atoms with van der Waals surface area (Å²) in [6.07, 6.45) is 1.57. The third-order valence-electron chi connectivity index (χ3n) is 3.17. The molecule has 0 bridgehead atoms. The number of carbonyl (C=O) groups is 2. The van der Waals surface area contributed by atoms with Gasteiger partial charge in [-0.2, -0.15) is 0 Å². The van der Waals surface area contributed by atoms with E-state index in [2.05, 4.69) is 15.9 Å². The molecule has 2 rings (SSSR count). The Bertz CT molecular complexity index is 730. The average molecular weight is 359 g/mol. The van der Waals surface area contributed by atoms with Crippen LogP contribution in [0.15, 0.2) is 58.6 Å². The zero-order chi connectivity index (χ0) is 16.1. The van der Waals surface area contributed by atoms with E-state index in [4.69, 9.17) is 4.74 Å². The molecule has 2 aromatic rings. The molecule has 22 heavy (non-hydrogen) atoms. The normalized spacial score (nSPS) is 11.1. The first kappa shape index (κ1) is 16.2. The molecular formula is C18H15BrO3. The fourth-order valence-corrected chi connectivity index (χ4v) is 2.29. The first-order valence-electron chi connectivity index (χ1n) is 6.69. The van der Waals surface area contributed by atoms with Gasteiger partial charge in [-0.25, -0.2) is 0 Å². The molecule has 0 aliphatic heterocycles. The summed E-state index contributed by atoms with van der Waals surface area (Å²) in [5.41, 5.74) is 1.30. The Kier molecular flexibility index (Phi) is 5.28. The second-order valence-electron chi connectivity index (χ2n) is 4.69. The van der Waals surface area contributed by atoms with Crippen LogP contribution in [0.5, 0.6) is 5.75 Å². The highest BCUT2D eigenvalue weighted by atomic mass is 79.9. The molecule has 0 saturated carbocycles. The number of Topliss-reactive ketones (excluding diaryl/α,β-unsaturated/α-hetero) is 2. The molecule has 0 radical (unpaired) electrons. The number of halogens is 1. The van der Waals surface area contributed by atoms with Crippen molar-refractivity contribution in [3.63, 3.8) is 0 Å². The molecule has 0 aromatic heterocycles. The van der Waals surface area contributed by atoms with Gasteiger partial charge in [-0.3, -0.25) is 9.59 Å². The Morgan fingerprint density at radius 2 is 1.68 bits per heavy atom. The molecule has 4 heteroatoms. The predicted octanol–water partition coefficient (Wildman–Crippen LogP) is 4.31. The first-order valence-corrected chi connectivity index (χ1v) is 7.48. The number of para-hydroxylation sites is 1. The van der Waals surface area contributed by atoms with Crippen molar-refractivity contribution in [2.75, 3.05) is 7.11 Å². The average Bonchev–Trinajstić information content (AvgIpc) is 2.52. The minimum absolute atomic E-state index is 0.131. The standard InChI is InChI=1S/C18H15BrO3/c1-12(20)16(11-14-5-3-4-6-17(14)22-2)18(21)13-7-9-15(19)10-8-13/h3-11H,1-2H3. The van der Waals surface area contributed by atoms with Crippen molar-refractivity contribution in [2.45, 2.75) is 6.92 Å². The Balaban J connectivity index is 2.46. The van der Waals surface area contributed by atoms with Gasteiger partial charge in [0.05, 0.1) is 12.7 Å². The third kappa shape index (κ3) is 3.71. The summed E-state index contributed by atoms with van der Waals surface area (Å²) in [5, 5.41) is 0. The SMILES string of the molecule is COc1ccccc1C=C(C(C)=O)C(=O)c1ccc(Br)cc1. The van der Waals surface area contributed by atoms with Crippen molar-refractivity contribution in [3.8, 4) is 5.75 Å². The number of ketones is 2. The highest BCUT2D eigenvalue weighted by Gasteiger charge is 2.17. The van der Waals surface area contributed by atoms with Gasteiger partial charge in [-0.1, -0.05) is 34.1 Å². The lowest BCUT2D eigenvalue weighted by Gasteiger charge is -2.07. The minimum atomic E-state index is -0.300. The van der Waals surface area contributed by atoms with E-state index in [9.17, 15) is 9.59 Å². The topological polar surface area (TPSA) is 43.4 Å². The Labute approximate surface area is 137 Å². The van der Waals surface area contributed by atoms with Crippen LogP contribution in [-0.2, 0) is 4.79 Å². The molecule has 112 valence electrons. The summed E-state index contributed by atoms with van der Waals surface area (Å²) >= 11 is 3.32. The molecule has 0 heterocycles. The number of allylic oxidation sites excluding steroid dienone is 1. The zero-order valence-corrected chi connectivity index (χ0v) is 13.9. The molecular weight excluding hydrogens is 344 g/mol. The van der Waals surface area contributed by atoms with Crippen molar-refractivity contribution >= 4 is 33.6 Å². The minimum Gasteiger partial charge on any atom is -0.496 e. The lowest BCUT2D eigenvalue weighted by molar-refractivity contribution is -0.113. The lowest BCUT2D eigenvalue weighted by atomic mass is 9.98. The molecule has 0 fully saturated rings. The molecule has 0 aliphatic carbocycles. The maximum absolute atomic E-state index is 12.6. The van der Waals surface area contributed by atoms with Crippen LogP contribution in [0.4, 0.5) is 0 Å². The number of methoxy groups -OCH3 is 1. The van der Waals surface area contributed by atoms with Crippen LogP contribution in [0.1, 0.15) is 22.8 Å². The van der Waals surface area contributed by atoms with Gasteiger partial charge in [0.15, 0.2) is 11.6 Å². The molecule has 3 nitrogen and oxygen atoms in total. The molecule has 0 saturated heterocycles. The van der Waals surface area contributed by atoms with Crippen LogP contribution in [-0.4, -0.2) is 18.7 Å². The Hall–Kier alpha value is -2.20. The van der Waals surface area contributed by atoms with Gasteiger partial charge < -0.3 is 4.74 Å². The van der Waals surface area contributed by atoms with Crippen molar-refractivity contribution < 1.29 is 14.3 Å². The molecule has 0 atom stereocenters. The van der Waals surface area contributed by atoms with Gasteiger partial charge in [0.1, 0.15) is 5.75 Å². The summed E-state index contributed by atoms with van der Waals surface area (Å²) in [4.78, 5) is 24.4. The van der Waals surface area contributed by atoms with Crippen LogP contribution in [0.3, 0.4) is 0 Å². The summed E-state index contributed by atoms with van der Waals surface area (Å²) < 4.78 is 6.13. The van der Waals surface area contributed by atoms with E-state index in [-0.39, 0.29) is 17.1 Å². The molecule has 0 aliphatic rings. The van der Waals surface area contributed by atoms with Crippen molar-refractivity contribution in [2.24, 2.45) is 0 Å². The van der Waals surface area contributed by atoms with Gasteiger partial charge in [0.2, 0.25) is 0 Å². The number of hydrogen-bond acceptors (Lipinski definition) is 3. The second-order valence-corrected chi connectivity index (χ2v) is 5.61. The number of hydrogen-bond donors (Lipinski definition) is 0. The van der Waals surface area contributed by atoms with Gasteiger partial charge in [0.25, 0.3) is 0 Å². The van der Waals surface area contributed by atoms with E-state index in [0.29, 0.717) is 16.9 Å². The third-order valence-corrected chi connectivity index (χ3v) is 3.70. The van der Waals surface area contributed by atoms with Crippen LogP contribution in [0.2, 0.25) is 0 Å². The van der Waals surface area contributed by atoms with Crippen molar-refractivity contribution in [3.05, 3.63) is 69.7 Å². The molecule has 0 N–H and O–H groups in total. The van der Waals surface area contributed by atoms with E-state index in [1.54, 1.807) is 49.6 Å². The van der Waals surface area contributed by atoms with E-state index < -0.39 is 0 Å². The summed E-state index contributed by atoms with van der Waals surface area (Å²) in [6, 6.07) is 14.2. The maximum Gasteiger partial charge on any atom is 0.196 e. The summed E-state index contributed by atoms with van der Waals surface area (Å²) in [6.45, 7) is 1.39. The van der Waals surface area contributed by atoms with Gasteiger partial charge in [-0.05, 0) is 43.3 Å². The smallest absolute Gasteiger partial charge is 0.196 e. The lowest BCUT2D eigenvalue weighted by Crippen LogP contribution is -2.10. The number of rotatable bonds is 5. The highest BCUT2D eigenvalue weighted by Crippen LogP contribution is 2.22. The largest absolute Gasteiger partial charge is 0.496 e. The molecule has 0 amide bonds. The van der Waals surface area contributed by atoms with Gasteiger partial charge in [0, 0.05) is 15.6 Å². The first-order chi connectivity index (χ1) is 10.5. The van der Waals surface area contributed by atoms with Crippen molar-refractivity contribution in [1.82, 2.24) is 0 Å². The number of benzene rings is 2. The molecule has 0 spiro atoms. The van der Waals surface area contributed by atoms with Gasteiger partial charge in [-0.15, -0.1) is 0 Å². The highest BCUT2D eigenvalue weighted by molar-refractivity contribution is 9.10. The van der Waals surface area contributed by atoms with Crippen molar-refractivity contribution in [1.29, 1.82) is 0 Å². The van der Waals surface area contributed by atoms with Crippen LogP contribution >= 0.6 is 15.9 Å². The quantitative estimate of drug-likeness (QED) is 0.346.